The summed E-state index contributed by atoms with van der Waals surface area (Å²) in [5, 5.41) is 2.80. The smallest absolute Gasteiger partial charge is 0.222 e. The number of hydrogen-bond donors (Lipinski definition) is 1. The highest BCUT2D eigenvalue weighted by Gasteiger charge is 1.98. The summed E-state index contributed by atoms with van der Waals surface area (Å²) in [5.41, 5.74) is 0. The monoisotopic (exact) mass is 337 g/mol. The predicted octanol–water partition coefficient (Wildman–Crippen LogP) is 5.45. The lowest BCUT2D eigenvalue weighted by atomic mass is 10.3. The summed E-state index contributed by atoms with van der Waals surface area (Å²) >= 11 is 0. The molecule has 0 spiro atoms. The second-order valence-corrected chi connectivity index (χ2v) is 3.41. The molecule has 0 aromatic heterocycles. The van der Waals surface area contributed by atoms with Gasteiger partial charge in [-0.05, 0) is 19.3 Å². The van der Waals surface area contributed by atoms with Gasteiger partial charge in [0.1, 0.15) is 0 Å². The Kier molecular flexibility index (Phi) is 73.1. The molecule has 4 nitrogen and oxygen atoms in total. The fourth-order valence-electron chi connectivity index (χ4n) is 1.07. The number of carbonyl (C=O) groups excluding carboxylic acids is 1. The zero-order valence-electron chi connectivity index (χ0n) is 17.9. The molecule has 23 heavy (non-hydrogen) atoms. The number of amides is 1. The molecular weight excluding hydrogens is 290 g/mol. The average Bonchev–Trinajstić information content (AvgIpc) is 2.66. The summed E-state index contributed by atoms with van der Waals surface area (Å²) in [5.74, 6) is 0.0775. The number of ether oxygens (including phenoxy) is 2. The number of rotatable bonds is 10. The zero-order chi connectivity index (χ0) is 19.4. The quantitative estimate of drug-likeness (QED) is 0.539. The van der Waals surface area contributed by atoms with Gasteiger partial charge in [0.15, 0.2) is 0 Å². The topological polar surface area (TPSA) is 47.6 Å². The van der Waals surface area contributed by atoms with Crippen LogP contribution in [0.4, 0.5) is 0 Å². The Labute approximate surface area is 147 Å². The molecule has 0 atom stereocenters. The van der Waals surface area contributed by atoms with Gasteiger partial charge < -0.3 is 14.8 Å². The third-order valence-electron chi connectivity index (χ3n) is 1.93. The van der Waals surface area contributed by atoms with Crippen molar-refractivity contribution in [1.29, 1.82) is 0 Å². The molecule has 1 N–H and O–H groups in total. The Bertz CT molecular complexity index is 154. The average molecular weight is 338 g/mol. The van der Waals surface area contributed by atoms with Crippen molar-refractivity contribution in [1.82, 2.24) is 5.32 Å². The van der Waals surface area contributed by atoms with Crippen LogP contribution in [-0.4, -0.2) is 39.4 Å². The van der Waals surface area contributed by atoms with Gasteiger partial charge in [-0.1, -0.05) is 62.3 Å². The molecule has 0 aliphatic carbocycles. The van der Waals surface area contributed by atoms with Crippen molar-refractivity contribution < 1.29 is 14.3 Å². The first-order valence-electron chi connectivity index (χ1n) is 9.64. The third-order valence-corrected chi connectivity index (χ3v) is 1.93. The van der Waals surface area contributed by atoms with Crippen molar-refractivity contribution >= 4 is 5.91 Å². The van der Waals surface area contributed by atoms with E-state index in [9.17, 15) is 4.79 Å². The molecule has 0 aliphatic rings. The Morgan fingerprint density at radius 1 is 0.826 bits per heavy atom. The SMILES string of the molecule is CC.CC.CC.CC.CCCNC(=O)CCOCCCCOC. The minimum atomic E-state index is 0.0775. The Morgan fingerprint density at radius 2 is 1.30 bits per heavy atom. The molecule has 146 valence electrons. The Hall–Kier alpha value is -0.610. The van der Waals surface area contributed by atoms with Gasteiger partial charge in [0.25, 0.3) is 0 Å². The van der Waals surface area contributed by atoms with E-state index in [2.05, 4.69) is 5.32 Å². The Morgan fingerprint density at radius 3 is 1.74 bits per heavy atom. The van der Waals surface area contributed by atoms with Crippen molar-refractivity contribution in [2.45, 2.75) is 88.0 Å². The first-order chi connectivity index (χ1) is 11.3. The summed E-state index contributed by atoms with van der Waals surface area (Å²) in [6.45, 7) is 20.8. The van der Waals surface area contributed by atoms with E-state index < -0.39 is 0 Å². The van der Waals surface area contributed by atoms with Crippen LogP contribution in [0.5, 0.6) is 0 Å². The van der Waals surface area contributed by atoms with E-state index in [1.54, 1.807) is 7.11 Å². The van der Waals surface area contributed by atoms with E-state index in [1.165, 1.54) is 0 Å². The lowest BCUT2D eigenvalue weighted by molar-refractivity contribution is -0.122. The molecule has 1 amide bonds. The number of methoxy groups -OCH3 is 1. The van der Waals surface area contributed by atoms with Crippen LogP contribution in [0.25, 0.3) is 0 Å². The number of carbonyl (C=O) groups is 1. The van der Waals surface area contributed by atoms with Crippen LogP contribution in [0.1, 0.15) is 88.0 Å². The lowest BCUT2D eigenvalue weighted by Gasteiger charge is -2.04. The van der Waals surface area contributed by atoms with Crippen LogP contribution in [-0.2, 0) is 14.3 Å². The van der Waals surface area contributed by atoms with Crippen molar-refractivity contribution in [3.8, 4) is 0 Å². The first kappa shape index (κ1) is 33.9. The van der Waals surface area contributed by atoms with Crippen LogP contribution < -0.4 is 5.32 Å². The maximum Gasteiger partial charge on any atom is 0.222 e. The summed E-state index contributed by atoms with van der Waals surface area (Å²) in [6, 6.07) is 0. The van der Waals surface area contributed by atoms with E-state index in [4.69, 9.17) is 9.47 Å². The lowest BCUT2D eigenvalue weighted by Crippen LogP contribution is -2.25. The van der Waals surface area contributed by atoms with Gasteiger partial charge in [-0.2, -0.15) is 0 Å². The second kappa shape index (κ2) is 49.6. The van der Waals surface area contributed by atoms with Crippen LogP contribution in [0, 0.1) is 0 Å². The molecule has 0 bridgehead atoms. The van der Waals surface area contributed by atoms with Crippen LogP contribution in [0.3, 0.4) is 0 Å². The molecule has 0 aromatic carbocycles. The fraction of sp³-hybridized carbons (Fsp3) is 0.947. The molecule has 0 fully saturated rings. The normalized spacial score (nSPS) is 7.74. The first-order valence-corrected chi connectivity index (χ1v) is 9.64. The molecular formula is C19H47NO3. The van der Waals surface area contributed by atoms with E-state index in [0.29, 0.717) is 19.6 Å². The fourth-order valence-corrected chi connectivity index (χ4v) is 1.07. The second-order valence-electron chi connectivity index (χ2n) is 3.41. The molecule has 0 saturated carbocycles. The van der Waals surface area contributed by atoms with Gasteiger partial charge in [0.05, 0.1) is 6.61 Å². The van der Waals surface area contributed by atoms with E-state index in [0.717, 1.165) is 32.4 Å². The molecule has 0 aliphatic heterocycles. The number of nitrogens with one attached hydrogen (secondary N) is 1. The molecule has 0 saturated heterocycles. The van der Waals surface area contributed by atoms with E-state index in [-0.39, 0.29) is 5.91 Å². The van der Waals surface area contributed by atoms with Gasteiger partial charge in [0, 0.05) is 33.3 Å². The van der Waals surface area contributed by atoms with Crippen molar-refractivity contribution in [3.63, 3.8) is 0 Å². The third kappa shape index (κ3) is 52.4. The highest BCUT2D eigenvalue weighted by Crippen LogP contribution is 1.91. The van der Waals surface area contributed by atoms with E-state index >= 15 is 0 Å². The number of unbranched alkanes of at least 4 members (excludes halogenated alkanes) is 1. The standard InChI is InChI=1S/C11H23NO3.4C2H6/c1-3-7-12-11(13)6-10-15-9-5-4-8-14-2;4*1-2/h3-10H2,1-2H3,(H,12,13);4*1-2H3. The largest absolute Gasteiger partial charge is 0.385 e. The maximum absolute atomic E-state index is 11.1. The highest BCUT2D eigenvalue weighted by molar-refractivity contribution is 5.75. The predicted molar refractivity (Wildman–Crippen MR) is 105 cm³/mol. The zero-order valence-corrected chi connectivity index (χ0v) is 17.9. The Balaban J connectivity index is -0.000000116. The van der Waals surface area contributed by atoms with Gasteiger partial charge in [-0.15, -0.1) is 0 Å². The highest BCUT2D eigenvalue weighted by atomic mass is 16.5. The minimum absolute atomic E-state index is 0.0775. The van der Waals surface area contributed by atoms with Crippen LogP contribution in [0.15, 0.2) is 0 Å². The molecule has 0 rings (SSSR count). The van der Waals surface area contributed by atoms with E-state index in [1.807, 2.05) is 62.3 Å². The molecule has 0 heterocycles. The van der Waals surface area contributed by atoms with Crippen molar-refractivity contribution in [2.24, 2.45) is 0 Å². The van der Waals surface area contributed by atoms with Gasteiger partial charge in [0.2, 0.25) is 5.91 Å². The summed E-state index contributed by atoms with van der Waals surface area (Å²) in [6.07, 6.45) is 3.44. The van der Waals surface area contributed by atoms with Crippen LogP contribution in [0.2, 0.25) is 0 Å². The number of hydrogen-bond acceptors (Lipinski definition) is 3. The maximum atomic E-state index is 11.1. The molecule has 0 unspecified atom stereocenters. The molecule has 0 aromatic rings. The summed E-state index contributed by atoms with van der Waals surface area (Å²) in [4.78, 5) is 11.1. The van der Waals surface area contributed by atoms with Gasteiger partial charge in [-0.25, -0.2) is 0 Å². The van der Waals surface area contributed by atoms with Crippen molar-refractivity contribution in [3.05, 3.63) is 0 Å². The van der Waals surface area contributed by atoms with Gasteiger partial charge >= 0.3 is 0 Å². The summed E-state index contributed by atoms with van der Waals surface area (Å²) in [7, 11) is 1.69. The molecule has 0 radical (unpaired) electrons. The minimum Gasteiger partial charge on any atom is -0.385 e. The summed E-state index contributed by atoms with van der Waals surface area (Å²) < 4.78 is 10.2. The molecule has 4 heteroatoms. The van der Waals surface area contributed by atoms with Gasteiger partial charge in [-0.3, -0.25) is 4.79 Å². The van der Waals surface area contributed by atoms with Crippen molar-refractivity contribution in [2.75, 3.05) is 33.5 Å². The van der Waals surface area contributed by atoms with Crippen LogP contribution >= 0.6 is 0 Å².